The van der Waals surface area contributed by atoms with Crippen LogP contribution in [0.15, 0.2) is 18.3 Å². The molecule has 1 aliphatic heterocycles. The fourth-order valence-electron chi connectivity index (χ4n) is 3.55. The zero-order valence-corrected chi connectivity index (χ0v) is 13.0. The monoisotopic (exact) mass is 316 g/mol. The Morgan fingerprint density at radius 1 is 1.48 bits per heavy atom. The quantitative estimate of drug-likeness (QED) is 0.714. The van der Waals surface area contributed by atoms with E-state index < -0.39 is 11.6 Å². The number of aryl methyl sites for hydroxylation is 1. The van der Waals surface area contributed by atoms with E-state index in [1.807, 2.05) is 13.0 Å². The van der Waals surface area contributed by atoms with Crippen LogP contribution in [0.1, 0.15) is 42.2 Å². The second kappa shape index (κ2) is 5.98. The summed E-state index contributed by atoms with van der Waals surface area (Å²) in [5, 5.41) is 7.92. The Morgan fingerprint density at radius 3 is 3.00 bits per heavy atom. The molecule has 4 amide bonds. The number of amides is 4. The van der Waals surface area contributed by atoms with Crippen molar-refractivity contribution in [2.24, 2.45) is 5.92 Å². The molecule has 2 fully saturated rings. The number of aromatic nitrogens is 1. The van der Waals surface area contributed by atoms with Crippen molar-refractivity contribution in [1.82, 2.24) is 20.9 Å². The van der Waals surface area contributed by atoms with Gasteiger partial charge in [0, 0.05) is 18.7 Å². The number of pyridine rings is 1. The van der Waals surface area contributed by atoms with Gasteiger partial charge in [0.25, 0.3) is 11.8 Å². The van der Waals surface area contributed by atoms with Crippen molar-refractivity contribution in [2.45, 2.75) is 38.1 Å². The highest BCUT2D eigenvalue weighted by atomic mass is 16.2. The second-order valence-corrected chi connectivity index (χ2v) is 6.04. The van der Waals surface area contributed by atoms with Gasteiger partial charge in [-0.05, 0) is 30.9 Å². The van der Waals surface area contributed by atoms with Crippen molar-refractivity contribution in [3.63, 3.8) is 0 Å². The number of carbonyl (C=O) groups excluding carboxylic acids is 3. The molecule has 0 bridgehead atoms. The maximum Gasteiger partial charge on any atom is 0.322 e. The Hall–Kier alpha value is -2.44. The van der Waals surface area contributed by atoms with Gasteiger partial charge in [-0.15, -0.1) is 0 Å². The Kier molecular flexibility index (Phi) is 4.02. The van der Waals surface area contributed by atoms with Crippen molar-refractivity contribution in [2.75, 3.05) is 6.54 Å². The smallest absolute Gasteiger partial charge is 0.322 e. The Balaban J connectivity index is 1.69. The molecule has 23 heavy (non-hydrogen) atoms. The molecule has 3 rings (SSSR count). The van der Waals surface area contributed by atoms with E-state index in [1.165, 1.54) is 0 Å². The molecule has 1 saturated carbocycles. The summed E-state index contributed by atoms with van der Waals surface area (Å²) >= 11 is 0. The first kappa shape index (κ1) is 15.5. The Labute approximate surface area is 134 Å². The summed E-state index contributed by atoms with van der Waals surface area (Å²) in [6, 6.07) is 3.23. The zero-order chi connectivity index (χ0) is 16.4. The lowest BCUT2D eigenvalue weighted by Gasteiger charge is -2.28. The predicted molar refractivity (Wildman–Crippen MR) is 82.7 cm³/mol. The minimum atomic E-state index is -0.873. The number of hydrogen-bond donors (Lipinski definition) is 3. The van der Waals surface area contributed by atoms with Gasteiger partial charge in [0.2, 0.25) is 0 Å². The third-order valence-corrected chi connectivity index (χ3v) is 4.79. The molecule has 1 aliphatic carbocycles. The summed E-state index contributed by atoms with van der Waals surface area (Å²) in [7, 11) is 0. The van der Waals surface area contributed by atoms with E-state index in [0.717, 1.165) is 24.8 Å². The number of carbonyl (C=O) groups is 3. The Bertz CT molecular complexity index is 660. The lowest BCUT2D eigenvalue weighted by atomic mass is 9.87. The third-order valence-electron chi connectivity index (χ3n) is 4.79. The number of rotatable bonds is 4. The highest BCUT2D eigenvalue weighted by Crippen LogP contribution is 2.37. The lowest BCUT2D eigenvalue weighted by Crippen LogP contribution is -2.53. The SMILES string of the molecule is CCc1cccnc1C(=O)NC[C@@H]1CCC[C@]12NC(=O)NC2=O. The zero-order valence-electron chi connectivity index (χ0n) is 13.0. The molecule has 1 saturated heterocycles. The summed E-state index contributed by atoms with van der Waals surface area (Å²) < 4.78 is 0. The second-order valence-electron chi connectivity index (χ2n) is 6.04. The lowest BCUT2D eigenvalue weighted by molar-refractivity contribution is -0.125. The fraction of sp³-hybridized carbons (Fsp3) is 0.500. The molecule has 3 N–H and O–H groups in total. The molecule has 0 aromatic carbocycles. The first-order chi connectivity index (χ1) is 11.1. The van der Waals surface area contributed by atoms with Gasteiger partial charge >= 0.3 is 6.03 Å². The van der Waals surface area contributed by atoms with Crippen LogP contribution in [0.25, 0.3) is 0 Å². The summed E-state index contributed by atoms with van der Waals surface area (Å²) in [6.45, 7) is 2.31. The van der Waals surface area contributed by atoms with Gasteiger partial charge in [-0.25, -0.2) is 4.79 Å². The fourth-order valence-corrected chi connectivity index (χ4v) is 3.55. The maximum absolute atomic E-state index is 12.4. The van der Waals surface area contributed by atoms with Crippen LogP contribution < -0.4 is 16.0 Å². The van der Waals surface area contributed by atoms with Gasteiger partial charge in [0.05, 0.1) is 0 Å². The van der Waals surface area contributed by atoms with Gasteiger partial charge in [-0.1, -0.05) is 19.4 Å². The van der Waals surface area contributed by atoms with Crippen LogP contribution in [-0.4, -0.2) is 34.9 Å². The van der Waals surface area contributed by atoms with Crippen molar-refractivity contribution in [1.29, 1.82) is 0 Å². The first-order valence-electron chi connectivity index (χ1n) is 7.92. The molecule has 2 aliphatic rings. The van der Waals surface area contributed by atoms with E-state index in [-0.39, 0.29) is 17.7 Å². The minimum absolute atomic E-state index is 0.105. The summed E-state index contributed by atoms with van der Waals surface area (Å²) in [4.78, 5) is 40.1. The average Bonchev–Trinajstić information content (AvgIpc) is 3.08. The summed E-state index contributed by atoms with van der Waals surface area (Å²) in [5.41, 5.74) is 0.433. The summed E-state index contributed by atoms with van der Waals surface area (Å²) in [5.74, 6) is -0.632. The first-order valence-corrected chi connectivity index (χ1v) is 7.92. The van der Waals surface area contributed by atoms with E-state index >= 15 is 0 Å². The average molecular weight is 316 g/mol. The number of nitrogens with one attached hydrogen (secondary N) is 3. The van der Waals surface area contributed by atoms with Crippen LogP contribution in [0.3, 0.4) is 0 Å². The predicted octanol–water partition coefficient (Wildman–Crippen LogP) is 0.752. The maximum atomic E-state index is 12.4. The van der Waals surface area contributed by atoms with E-state index in [1.54, 1.807) is 12.3 Å². The highest BCUT2D eigenvalue weighted by molar-refractivity contribution is 6.07. The molecule has 2 atom stereocenters. The molecule has 1 aromatic heterocycles. The molecule has 1 aromatic rings. The highest BCUT2D eigenvalue weighted by Gasteiger charge is 2.54. The van der Waals surface area contributed by atoms with Crippen molar-refractivity contribution < 1.29 is 14.4 Å². The van der Waals surface area contributed by atoms with Crippen molar-refractivity contribution in [3.8, 4) is 0 Å². The molecule has 1 spiro atoms. The Morgan fingerprint density at radius 2 is 2.30 bits per heavy atom. The van der Waals surface area contributed by atoms with Gasteiger partial charge in [-0.3, -0.25) is 19.9 Å². The molecular weight excluding hydrogens is 296 g/mol. The van der Waals surface area contributed by atoms with Crippen LogP contribution in [-0.2, 0) is 11.2 Å². The number of hydrogen-bond acceptors (Lipinski definition) is 4. The van der Waals surface area contributed by atoms with E-state index in [2.05, 4.69) is 20.9 Å². The van der Waals surface area contributed by atoms with Crippen molar-refractivity contribution >= 4 is 17.8 Å². The van der Waals surface area contributed by atoms with Gasteiger partial charge < -0.3 is 10.6 Å². The van der Waals surface area contributed by atoms with Gasteiger partial charge in [0.1, 0.15) is 11.2 Å². The van der Waals surface area contributed by atoms with E-state index in [0.29, 0.717) is 18.7 Å². The largest absolute Gasteiger partial charge is 0.350 e. The number of urea groups is 1. The molecule has 0 unspecified atom stereocenters. The molecule has 2 heterocycles. The topological polar surface area (TPSA) is 100 Å². The summed E-state index contributed by atoms with van der Waals surface area (Å²) in [6.07, 6.45) is 4.56. The van der Waals surface area contributed by atoms with Gasteiger partial charge in [0.15, 0.2) is 0 Å². The number of imide groups is 1. The molecule has 122 valence electrons. The molecule has 7 nitrogen and oxygen atoms in total. The van der Waals surface area contributed by atoms with Gasteiger partial charge in [-0.2, -0.15) is 0 Å². The van der Waals surface area contributed by atoms with E-state index in [9.17, 15) is 14.4 Å². The third kappa shape index (κ3) is 2.67. The van der Waals surface area contributed by atoms with Crippen LogP contribution in [0.5, 0.6) is 0 Å². The van der Waals surface area contributed by atoms with Crippen LogP contribution in [0.2, 0.25) is 0 Å². The molecule has 7 heteroatoms. The standard InChI is InChI=1S/C16H20N4O3/c1-2-10-5-4-8-17-12(10)13(21)18-9-11-6-3-7-16(11)14(22)19-15(23)20-16/h4-5,8,11H,2-3,6-7,9H2,1H3,(H,18,21)(H2,19,20,22,23)/t11-,16-/m0/s1. The van der Waals surface area contributed by atoms with Crippen LogP contribution in [0, 0.1) is 5.92 Å². The molecular formula is C16H20N4O3. The minimum Gasteiger partial charge on any atom is -0.350 e. The van der Waals surface area contributed by atoms with Crippen LogP contribution in [0.4, 0.5) is 4.79 Å². The van der Waals surface area contributed by atoms with Crippen LogP contribution >= 0.6 is 0 Å². The normalized spacial score (nSPS) is 26.2. The van der Waals surface area contributed by atoms with E-state index in [4.69, 9.17) is 0 Å². The number of nitrogens with zero attached hydrogens (tertiary/aromatic N) is 1. The molecule has 0 radical (unpaired) electrons. The van der Waals surface area contributed by atoms with Crippen molar-refractivity contribution in [3.05, 3.63) is 29.6 Å².